The summed E-state index contributed by atoms with van der Waals surface area (Å²) in [5, 5.41) is 0.453. The molecule has 1 fully saturated rings. The Kier molecular flexibility index (Phi) is 7.51. The van der Waals surface area contributed by atoms with E-state index in [1.807, 2.05) is 4.90 Å². The number of rotatable bonds is 4. The van der Waals surface area contributed by atoms with Crippen molar-refractivity contribution in [1.29, 1.82) is 0 Å². The molecule has 1 aromatic heterocycles. The number of hydrogen-bond donors (Lipinski definition) is 2. The molecule has 23 heavy (non-hydrogen) atoms. The maximum atomic E-state index is 11.9. The van der Waals surface area contributed by atoms with Crippen LogP contribution in [0, 0.1) is 12.8 Å². The minimum atomic E-state index is -0.417. The zero-order chi connectivity index (χ0) is 16.3. The standard InChI is InChI=1S/C15H24ClN5O.ClH/c1-9(17)15(22)21-7-5-11(6-8-21)3-4-12-13(16)19-10(2)20-14(12)18;/h9,11H,3-8,17H2,1-2H3,(H2,18,19,20);1H/t9-;/m0./s1. The fraction of sp³-hybridized carbons (Fsp3) is 0.667. The van der Waals surface area contributed by atoms with Gasteiger partial charge in [-0.2, -0.15) is 0 Å². The van der Waals surface area contributed by atoms with E-state index in [1.165, 1.54) is 0 Å². The fourth-order valence-corrected chi connectivity index (χ4v) is 3.21. The molecule has 0 unspecified atom stereocenters. The predicted molar refractivity (Wildman–Crippen MR) is 94.7 cm³/mol. The molecule has 0 radical (unpaired) electrons. The molecule has 1 saturated heterocycles. The first kappa shape index (κ1) is 19.9. The molecule has 2 rings (SSSR count). The van der Waals surface area contributed by atoms with Gasteiger partial charge >= 0.3 is 0 Å². The highest BCUT2D eigenvalue weighted by molar-refractivity contribution is 6.30. The summed E-state index contributed by atoms with van der Waals surface area (Å²) in [6, 6.07) is -0.417. The summed E-state index contributed by atoms with van der Waals surface area (Å²) in [6.07, 6.45) is 3.73. The summed E-state index contributed by atoms with van der Waals surface area (Å²) in [5.74, 6) is 1.67. The highest BCUT2D eigenvalue weighted by Gasteiger charge is 2.24. The minimum absolute atomic E-state index is 0. The number of aromatic nitrogens is 2. The van der Waals surface area contributed by atoms with Gasteiger partial charge in [-0.15, -0.1) is 12.4 Å². The van der Waals surface area contributed by atoms with E-state index >= 15 is 0 Å². The number of likely N-dealkylation sites (tertiary alicyclic amines) is 1. The van der Waals surface area contributed by atoms with Crippen molar-refractivity contribution in [2.24, 2.45) is 11.7 Å². The van der Waals surface area contributed by atoms with Crippen LogP contribution < -0.4 is 11.5 Å². The molecule has 2 heterocycles. The molecule has 1 aliphatic rings. The van der Waals surface area contributed by atoms with Crippen molar-refractivity contribution in [3.63, 3.8) is 0 Å². The first-order chi connectivity index (χ1) is 10.4. The molecular formula is C15H25Cl2N5O. The Morgan fingerprint density at radius 3 is 2.52 bits per heavy atom. The third-order valence-electron chi connectivity index (χ3n) is 4.22. The lowest BCUT2D eigenvalue weighted by Gasteiger charge is -2.33. The molecule has 0 saturated carbocycles. The Balaban J connectivity index is 0.00000264. The van der Waals surface area contributed by atoms with Gasteiger partial charge in [0.2, 0.25) is 5.91 Å². The number of anilines is 1. The van der Waals surface area contributed by atoms with Crippen LogP contribution in [0.3, 0.4) is 0 Å². The number of carbonyl (C=O) groups is 1. The maximum absolute atomic E-state index is 11.9. The largest absolute Gasteiger partial charge is 0.383 e. The Labute approximate surface area is 148 Å². The molecule has 0 aliphatic carbocycles. The Hall–Kier alpha value is -1.11. The zero-order valence-electron chi connectivity index (χ0n) is 13.6. The highest BCUT2D eigenvalue weighted by atomic mass is 35.5. The number of amides is 1. The number of nitrogen functional groups attached to an aromatic ring is 1. The van der Waals surface area contributed by atoms with Crippen LogP contribution in [0.4, 0.5) is 5.82 Å². The zero-order valence-corrected chi connectivity index (χ0v) is 15.2. The third-order valence-corrected chi connectivity index (χ3v) is 4.53. The Morgan fingerprint density at radius 2 is 2.00 bits per heavy atom. The summed E-state index contributed by atoms with van der Waals surface area (Å²) >= 11 is 6.15. The fourth-order valence-electron chi connectivity index (χ4n) is 2.89. The highest BCUT2D eigenvalue weighted by Crippen LogP contribution is 2.26. The van der Waals surface area contributed by atoms with E-state index in [-0.39, 0.29) is 18.3 Å². The third kappa shape index (κ3) is 5.19. The second-order valence-electron chi connectivity index (χ2n) is 6.02. The van der Waals surface area contributed by atoms with Crippen molar-refractivity contribution in [3.05, 3.63) is 16.5 Å². The summed E-state index contributed by atoms with van der Waals surface area (Å²) in [6.45, 7) is 5.06. The first-order valence-electron chi connectivity index (χ1n) is 7.71. The summed E-state index contributed by atoms with van der Waals surface area (Å²) < 4.78 is 0. The lowest BCUT2D eigenvalue weighted by Crippen LogP contribution is -2.45. The number of piperidine rings is 1. The number of carbonyl (C=O) groups excluding carboxylic acids is 1. The van der Waals surface area contributed by atoms with Crippen molar-refractivity contribution in [1.82, 2.24) is 14.9 Å². The van der Waals surface area contributed by atoms with Crippen LogP contribution >= 0.6 is 24.0 Å². The van der Waals surface area contributed by atoms with Crippen LogP contribution in [0.25, 0.3) is 0 Å². The smallest absolute Gasteiger partial charge is 0.239 e. The van der Waals surface area contributed by atoms with E-state index in [1.54, 1.807) is 13.8 Å². The molecule has 1 atom stereocenters. The van der Waals surface area contributed by atoms with Gasteiger partial charge < -0.3 is 16.4 Å². The van der Waals surface area contributed by atoms with Gasteiger partial charge in [-0.05, 0) is 45.4 Å². The van der Waals surface area contributed by atoms with E-state index < -0.39 is 6.04 Å². The molecule has 0 aromatic carbocycles. The first-order valence-corrected chi connectivity index (χ1v) is 8.09. The van der Waals surface area contributed by atoms with Crippen molar-refractivity contribution in [2.45, 2.75) is 45.6 Å². The van der Waals surface area contributed by atoms with Gasteiger partial charge in [0, 0.05) is 18.7 Å². The van der Waals surface area contributed by atoms with E-state index in [4.69, 9.17) is 23.1 Å². The monoisotopic (exact) mass is 361 g/mol. The molecular weight excluding hydrogens is 337 g/mol. The number of nitrogens with zero attached hydrogens (tertiary/aromatic N) is 3. The summed E-state index contributed by atoms with van der Waals surface area (Å²) in [4.78, 5) is 22.0. The van der Waals surface area contributed by atoms with Crippen molar-refractivity contribution < 1.29 is 4.79 Å². The van der Waals surface area contributed by atoms with E-state index in [9.17, 15) is 4.79 Å². The van der Waals surface area contributed by atoms with Crippen molar-refractivity contribution in [3.8, 4) is 0 Å². The number of hydrogen-bond acceptors (Lipinski definition) is 5. The lowest BCUT2D eigenvalue weighted by atomic mass is 9.90. The van der Waals surface area contributed by atoms with Crippen LogP contribution in [0.5, 0.6) is 0 Å². The molecule has 6 nitrogen and oxygen atoms in total. The quantitative estimate of drug-likeness (QED) is 0.798. The Bertz CT molecular complexity index is 522. The van der Waals surface area contributed by atoms with E-state index in [0.29, 0.717) is 22.7 Å². The molecule has 4 N–H and O–H groups in total. The summed E-state index contributed by atoms with van der Waals surface area (Å²) in [5.41, 5.74) is 12.4. The van der Waals surface area contributed by atoms with Gasteiger partial charge in [0.1, 0.15) is 16.8 Å². The average Bonchev–Trinajstić information content (AvgIpc) is 2.46. The lowest BCUT2D eigenvalue weighted by molar-refractivity contribution is -0.133. The summed E-state index contributed by atoms with van der Waals surface area (Å²) in [7, 11) is 0. The molecule has 8 heteroatoms. The van der Waals surface area contributed by atoms with Gasteiger partial charge in [-0.25, -0.2) is 9.97 Å². The number of nitrogens with two attached hydrogens (primary N) is 2. The van der Waals surface area contributed by atoms with Crippen LogP contribution in [-0.4, -0.2) is 39.9 Å². The van der Waals surface area contributed by atoms with Gasteiger partial charge in [-0.3, -0.25) is 4.79 Å². The minimum Gasteiger partial charge on any atom is -0.383 e. The maximum Gasteiger partial charge on any atom is 0.239 e. The SMILES string of the molecule is Cc1nc(N)c(CCC2CCN(C(=O)[C@H](C)N)CC2)c(Cl)n1.Cl. The molecule has 1 aromatic rings. The molecule has 1 amide bonds. The van der Waals surface area contributed by atoms with E-state index in [0.717, 1.165) is 44.3 Å². The molecule has 130 valence electrons. The van der Waals surface area contributed by atoms with Crippen molar-refractivity contribution >= 4 is 35.7 Å². The predicted octanol–water partition coefficient (Wildman–Crippen LogP) is 1.96. The molecule has 0 spiro atoms. The van der Waals surface area contributed by atoms with Gasteiger partial charge in [0.05, 0.1) is 6.04 Å². The second-order valence-corrected chi connectivity index (χ2v) is 6.38. The van der Waals surface area contributed by atoms with Gasteiger partial charge in [-0.1, -0.05) is 11.6 Å². The number of halogens is 2. The number of aryl methyl sites for hydroxylation is 1. The van der Waals surface area contributed by atoms with Crippen LogP contribution in [0.1, 0.15) is 37.6 Å². The molecule has 1 aliphatic heterocycles. The normalized spacial score (nSPS) is 16.8. The molecule has 0 bridgehead atoms. The average molecular weight is 362 g/mol. The van der Waals surface area contributed by atoms with Crippen LogP contribution in [0.2, 0.25) is 5.15 Å². The van der Waals surface area contributed by atoms with E-state index in [2.05, 4.69) is 9.97 Å². The van der Waals surface area contributed by atoms with Gasteiger partial charge in [0.25, 0.3) is 0 Å². The van der Waals surface area contributed by atoms with Crippen LogP contribution in [-0.2, 0) is 11.2 Å². The Morgan fingerprint density at radius 1 is 1.39 bits per heavy atom. The van der Waals surface area contributed by atoms with Crippen LogP contribution in [0.15, 0.2) is 0 Å². The topological polar surface area (TPSA) is 98.1 Å². The second kappa shape index (κ2) is 8.66. The van der Waals surface area contributed by atoms with Gasteiger partial charge in [0.15, 0.2) is 0 Å². The van der Waals surface area contributed by atoms with Crippen molar-refractivity contribution in [2.75, 3.05) is 18.8 Å².